The number of carbonyl (C=O) groups is 1. The van der Waals surface area contributed by atoms with Crippen LogP contribution in [0.5, 0.6) is 0 Å². The van der Waals surface area contributed by atoms with Gasteiger partial charge in [0.25, 0.3) is 0 Å². The molecule has 152 valence electrons. The van der Waals surface area contributed by atoms with Crippen LogP contribution in [0.25, 0.3) is 11.0 Å². The van der Waals surface area contributed by atoms with E-state index in [4.69, 9.17) is 0 Å². The van der Waals surface area contributed by atoms with Crippen LogP contribution < -0.4 is 4.90 Å². The molecule has 8 heteroatoms. The molecule has 1 amide bonds. The second-order valence-corrected chi connectivity index (χ2v) is 7.12. The third-order valence-electron chi connectivity index (χ3n) is 5.19. The number of benzene rings is 2. The molecule has 1 saturated heterocycles. The lowest BCUT2D eigenvalue weighted by Crippen LogP contribution is -2.48. The first-order chi connectivity index (χ1) is 13.9. The van der Waals surface area contributed by atoms with Gasteiger partial charge in [-0.2, -0.15) is 13.2 Å². The zero-order valence-corrected chi connectivity index (χ0v) is 15.7. The normalized spacial score (nSPS) is 15.1. The maximum Gasteiger partial charge on any atom is 0.416 e. The molecule has 2 aromatic carbocycles. The fourth-order valence-electron chi connectivity index (χ4n) is 3.60. The van der Waals surface area contributed by atoms with Crippen molar-refractivity contribution in [1.29, 1.82) is 0 Å². The first-order valence-electron chi connectivity index (χ1n) is 9.54. The van der Waals surface area contributed by atoms with Crippen LogP contribution in [-0.2, 0) is 17.4 Å². The third-order valence-corrected chi connectivity index (χ3v) is 5.19. The number of nitrogens with zero attached hydrogens (tertiary/aromatic N) is 3. The summed E-state index contributed by atoms with van der Waals surface area (Å²) in [5, 5.41) is 0. The molecule has 2 heterocycles. The maximum atomic E-state index is 12.9. The van der Waals surface area contributed by atoms with E-state index in [9.17, 15) is 18.0 Å². The highest BCUT2D eigenvalue weighted by molar-refractivity contribution is 5.77. The van der Waals surface area contributed by atoms with Crippen LogP contribution in [0.4, 0.5) is 18.9 Å². The molecule has 1 aliphatic rings. The summed E-state index contributed by atoms with van der Waals surface area (Å²) < 4.78 is 38.7. The van der Waals surface area contributed by atoms with E-state index in [2.05, 4.69) is 9.97 Å². The molecular weight excluding hydrogens is 381 g/mol. The zero-order valence-electron chi connectivity index (χ0n) is 15.7. The summed E-state index contributed by atoms with van der Waals surface area (Å²) in [7, 11) is 0. The summed E-state index contributed by atoms with van der Waals surface area (Å²) in [5.41, 5.74) is 1.71. The van der Waals surface area contributed by atoms with Gasteiger partial charge >= 0.3 is 6.18 Å². The lowest BCUT2D eigenvalue weighted by Gasteiger charge is -2.36. The summed E-state index contributed by atoms with van der Waals surface area (Å²) in [5.74, 6) is 0.816. The number of nitrogens with one attached hydrogen (secondary N) is 1. The largest absolute Gasteiger partial charge is 0.416 e. The monoisotopic (exact) mass is 402 g/mol. The average molecular weight is 402 g/mol. The van der Waals surface area contributed by atoms with Gasteiger partial charge in [0.05, 0.1) is 16.6 Å². The number of aromatic nitrogens is 2. The van der Waals surface area contributed by atoms with E-state index in [-0.39, 0.29) is 5.91 Å². The number of rotatable bonds is 4. The van der Waals surface area contributed by atoms with E-state index in [1.54, 1.807) is 11.0 Å². The van der Waals surface area contributed by atoms with Crippen LogP contribution in [0.3, 0.4) is 0 Å². The number of para-hydroxylation sites is 2. The molecule has 0 bridgehead atoms. The van der Waals surface area contributed by atoms with Gasteiger partial charge in [0, 0.05) is 44.7 Å². The molecule has 1 N–H and O–H groups in total. The SMILES string of the molecule is O=C(CCc1nc2ccccc2[nH]1)N1CCN(c2cccc(C(F)(F)F)c2)CC1. The van der Waals surface area contributed by atoms with Gasteiger partial charge in [0.1, 0.15) is 5.82 Å². The molecule has 3 aromatic rings. The van der Waals surface area contributed by atoms with Crippen LogP contribution in [-0.4, -0.2) is 47.0 Å². The summed E-state index contributed by atoms with van der Waals surface area (Å²) in [6.45, 7) is 2.01. The zero-order chi connectivity index (χ0) is 20.4. The summed E-state index contributed by atoms with van der Waals surface area (Å²) >= 11 is 0. The topological polar surface area (TPSA) is 52.2 Å². The minimum atomic E-state index is -4.36. The first kappa shape index (κ1) is 19.3. The number of piperazine rings is 1. The molecular formula is C21H21F3N4O. The van der Waals surface area contributed by atoms with Crippen molar-refractivity contribution in [2.45, 2.75) is 19.0 Å². The van der Waals surface area contributed by atoms with Crippen molar-refractivity contribution in [1.82, 2.24) is 14.9 Å². The molecule has 1 fully saturated rings. The minimum Gasteiger partial charge on any atom is -0.368 e. The quantitative estimate of drug-likeness (QED) is 0.721. The molecule has 29 heavy (non-hydrogen) atoms. The average Bonchev–Trinajstić information content (AvgIpc) is 3.15. The number of halogens is 3. The van der Waals surface area contributed by atoms with Crippen LogP contribution >= 0.6 is 0 Å². The standard InChI is InChI=1S/C21H21F3N4O/c22-21(23,24)15-4-3-5-16(14-15)27-10-12-28(13-11-27)20(29)9-8-19-25-17-6-1-2-7-18(17)26-19/h1-7,14H,8-13H2,(H,25,26). The summed E-state index contributed by atoms with van der Waals surface area (Å²) in [4.78, 5) is 23.9. The van der Waals surface area contributed by atoms with Crippen molar-refractivity contribution in [2.24, 2.45) is 0 Å². The van der Waals surface area contributed by atoms with Crippen LogP contribution in [0.15, 0.2) is 48.5 Å². The Labute approximate surface area is 166 Å². The summed E-state index contributed by atoms with van der Waals surface area (Å²) in [6, 6.07) is 13.0. The molecule has 0 unspecified atom stereocenters. The number of hydrogen-bond donors (Lipinski definition) is 1. The number of alkyl halides is 3. The van der Waals surface area contributed by atoms with E-state index in [1.165, 1.54) is 12.1 Å². The minimum absolute atomic E-state index is 0.0362. The Morgan fingerprint density at radius 1 is 1.03 bits per heavy atom. The Hall–Kier alpha value is -3.03. The van der Waals surface area contributed by atoms with Crippen molar-refractivity contribution in [2.75, 3.05) is 31.1 Å². The number of aryl methyl sites for hydroxylation is 1. The Morgan fingerprint density at radius 2 is 1.79 bits per heavy atom. The fourth-order valence-corrected chi connectivity index (χ4v) is 3.60. The molecule has 0 atom stereocenters. The lowest BCUT2D eigenvalue weighted by molar-refractivity contribution is -0.137. The summed E-state index contributed by atoms with van der Waals surface area (Å²) in [6.07, 6.45) is -3.48. The maximum absolute atomic E-state index is 12.9. The van der Waals surface area contributed by atoms with Gasteiger partial charge in [0.2, 0.25) is 5.91 Å². The number of hydrogen-bond acceptors (Lipinski definition) is 3. The van der Waals surface area contributed by atoms with Gasteiger partial charge in [-0.3, -0.25) is 4.79 Å². The van der Waals surface area contributed by atoms with Gasteiger partial charge in [-0.1, -0.05) is 18.2 Å². The van der Waals surface area contributed by atoms with Gasteiger partial charge < -0.3 is 14.8 Å². The van der Waals surface area contributed by atoms with E-state index in [0.29, 0.717) is 44.7 Å². The number of anilines is 1. The Morgan fingerprint density at radius 3 is 2.52 bits per heavy atom. The number of fused-ring (bicyclic) bond motifs is 1. The smallest absolute Gasteiger partial charge is 0.368 e. The highest BCUT2D eigenvalue weighted by atomic mass is 19.4. The Kier molecular flexibility index (Phi) is 5.17. The van der Waals surface area contributed by atoms with Crippen molar-refractivity contribution in [3.05, 3.63) is 59.9 Å². The second kappa shape index (κ2) is 7.77. The number of H-pyrrole nitrogens is 1. The fraction of sp³-hybridized carbons (Fsp3) is 0.333. The number of imidazole rings is 1. The third kappa shape index (κ3) is 4.36. The Balaban J connectivity index is 1.31. The van der Waals surface area contributed by atoms with E-state index < -0.39 is 11.7 Å². The molecule has 0 aliphatic carbocycles. The van der Waals surface area contributed by atoms with E-state index in [1.807, 2.05) is 29.2 Å². The predicted octanol–water partition coefficient (Wildman–Crippen LogP) is 3.86. The van der Waals surface area contributed by atoms with Crippen molar-refractivity contribution >= 4 is 22.6 Å². The predicted molar refractivity (Wildman–Crippen MR) is 105 cm³/mol. The van der Waals surface area contributed by atoms with Crippen LogP contribution in [0, 0.1) is 0 Å². The molecule has 1 aliphatic heterocycles. The molecule has 5 nitrogen and oxygen atoms in total. The molecule has 4 rings (SSSR count). The van der Waals surface area contributed by atoms with Crippen molar-refractivity contribution < 1.29 is 18.0 Å². The highest BCUT2D eigenvalue weighted by Gasteiger charge is 2.31. The van der Waals surface area contributed by atoms with Gasteiger partial charge in [-0.05, 0) is 30.3 Å². The lowest BCUT2D eigenvalue weighted by atomic mass is 10.1. The van der Waals surface area contributed by atoms with Gasteiger partial charge in [-0.15, -0.1) is 0 Å². The first-order valence-corrected chi connectivity index (χ1v) is 9.54. The van der Waals surface area contributed by atoms with E-state index >= 15 is 0 Å². The second-order valence-electron chi connectivity index (χ2n) is 7.12. The molecule has 0 saturated carbocycles. The van der Waals surface area contributed by atoms with Gasteiger partial charge in [0.15, 0.2) is 0 Å². The number of aromatic amines is 1. The van der Waals surface area contributed by atoms with Crippen molar-refractivity contribution in [3.8, 4) is 0 Å². The molecule has 0 radical (unpaired) electrons. The Bertz CT molecular complexity index is 973. The van der Waals surface area contributed by atoms with Gasteiger partial charge in [-0.25, -0.2) is 4.98 Å². The molecule has 1 aromatic heterocycles. The highest BCUT2D eigenvalue weighted by Crippen LogP contribution is 2.31. The number of amides is 1. The van der Waals surface area contributed by atoms with E-state index in [0.717, 1.165) is 22.9 Å². The van der Waals surface area contributed by atoms with Crippen molar-refractivity contribution in [3.63, 3.8) is 0 Å². The van der Waals surface area contributed by atoms with Crippen LogP contribution in [0.1, 0.15) is 17.8 Å². The number of carbonyl (C=O) groups excluding carboxylic acids is 1. The van der Waals surface area contributed by atoms with Crippen LogP contribution in [0.2, 0.25) is 0 Å². The molecule has 0 spiro atoms.